The van der Waals surface area contributed by atoms with Crippen molar-refractivity contribution in [3.05, 3.63) is 53.1 Å². The number of H-pyrrole nitrogens is 1. The largest absolute Gasteiger partial charge is 0.416 e. The lowest BCUT2D eigenvalue weighted by Gasteiger charge is -2.31. The molecule has 8 heteroatoms. The van der Waals surface area contributed by atoms with Gasteiger partial charge in [-0.1, -0.05) is 6.07 Å². The van der Waals surface area contributed by atoms with Gasteiger partial charge in [-0.15, -0.1) is 0 Å². The number of hydrogen-bond donors (Lipinski definition) is 2. The normalized spacial score (nSPS) is 21.4. The predicted octanol–water partition coefficient (Wildman–Crippen LogP) is 3.83. The van der Waals surface area contributed by atoms with Crippen LogP contribution in [0.1, 0.15) is 35.6 Å². The Morgan fingerprint density at radius 3 is 2.88 bits per heavy atom. The van der Waals surface area contributed by atoms with Gasteiger partial charge in [0.05, 0.1) is 17.9 Å². The van der Waals surface area contributed by atoms with E-state index in [0.717, 1.165) is 24.5 Å². The average Bonchev–Trinajstić information content (AvgIpc) is 3.10. The van der Waals surface area contributed by atoms with Crippen LogP contribution in [0.25, 0.3) is 0 Å². The van der Waals surface area contributed by atoms with Crippen LogP contribution in [0.5, 0.6) is 0 Å². The monoisotopic (exact) mass is 357 g/mol. The Morgan fingerprint density at radius 2 is 2.16 bits per heavy atom. The maximum atomic E-state index is 13.2. The molecular formula is C17H19F4N3O. The maximum absolute atomic E-state index is 13.2. The van der Waals surface area contributed by atoms with Gasteiger partial charge in [0.15, 0.2) is 0 Å². The van der Waals surface area contributed by atoms with Gasteiger partial charge in [0, 0.05) is 37.4 Å². The number of nitrogens with one attached hydrogen (secondary N) is 2. The first-order valence-corrected chi connectivity index (χ1v) is 8.12. The molecule has 1 aromatic heterocycles. The molecule has 2 aromatic rings. The van der Waals surface area contributed by atoms with Crippen molar-refractivity contribution in [3.8, 4) is 0 Å². The number of alkyl halides is 3. The van der Waals surface area contributed by atoms with Crippen molar-refractivity contribution in [2.45, 2.75) is 31.7 Å². The van der Waals surface area contributed by atoms with E-state index in [2.05, 4.69) is 15.5 Å². The van der Waals surface area contributed by atoms with E-state index < -0.39 is 17.6 Å². The minimum atomic E-state index is -4.58. The summed E-state index contributed by atoms with van der Waals surface area (Å²) in [5, 5.41) is 9.73. The molecule has 25 heavy (non-hydrogen) atoms. The molecule has 1 aromatic carbocycles. The lowest BCUT2D eigenvalue weighted by atomic mass is 9.90. The molecule has 136 valence electrons. The summed E-state index contributed by atoms with van der Waals surface area (Å²) in [6.07, 6.45) is 0.584. The third-order valence-corrected chi connectivity index (χ3v) is 4.39. The zero-order chi connectivity index (χ0) is 17.9. The second-order valence-corrected chi connectivity index (χ2v) is 6.16. The van der Waals surface area contributed by atoms with Crippen LogP contribution in [0.4, 0.5) is 17.6 Å². The number of aromatic nitrogens is 2. The first-order chi connectivity index (χ1) is 11.9. The van der Waals surface area contributed by atoms with Crippen LogP contribution in [0, 0.1) is 11.7 Å². The number of nitrogens with zero attached hydrogens (tertiary/aromatic N) is 1. The predicted molar refractivity (Wildman–Crippen MR) is 83.1 cm³/mol. The molecule has 1 fully saturated rings. The van der Waals surface area contributed by atoms with E-state index in [9.17, 15) is 17.6 Å². The second kappa shape index (κ2) is 7.53. The Balaban J connectivity index is 1.64. The molecule has 1 saturated heterocycles. The second-order valence-electron chi connectivity index (χ2n) is 6.16. The van der Waals surface area contributed by atoms with Gasteiger partial charge < -0.3 is 10.1 Å². The maximum Gasteiger partial charge on any atom is 0.416 e. The molecule has 2 heterocycles. The van der Waals surface area contributed by atoms with Crippen molar-refractivity contribution in [2.75, 3.05) is 13.2 Å². The van der Waals surface area contributed by atoms with E-state index in [1.807, 2.05) is 0 Å². The summed E-state index contributed by atoms with van der Waals surface area (Å²) in [6, 6.07) is 2.76. The smallest absolute Gasteiger partial charge is 0.373 e. The van der Waals surface area contributed by atoms with E-state index in [1.54, 1.807) is 12.4 Å². The van der Waals surface area contributed by atoms with Crippen LogP contribution in [0.3, 0.4) is 0 Å². The Hall–Kier alpha value is -1.93. The van der Waals surface area contributed by atoms with Crippen LogP contribution in [-0.4, -0.2) is 23.3 Å². The first-order valence-electron chi connectivity index (χ1n) is 8.12. The minimum Gasteiger partial charge on any atom is -0.373 e. The summed E-state index contributed by atoms with van der Waals surface area (Å²) in [5.41, 5.74) is 0.0287. The number of ether oxygens (including phenoxy) is 1. The van der Waals surface area contributed by atoms with Crippen LogP contribution in [0.15, 0.2) is 30.6 Å². The fourth-order valence-corrected chi connectivity index (χ4v) is 3.20. The van der Waals surface area contributed by atoms with Gasteiger partial charge in [0.1, 0.15) is 5.82 Å². The molecule has 1 aliphatic heterocycles. The average molecular weight is 357 g/mol. The van der Waals surface area contributed by atoms with Gasteiger partial charge in [-0.2, -0.15) is 18.3 Å². The van der Waals surface area contributed by atoms with Crippen molar-refractivity contribution in [3.63, 3.8) is 0 Å². The van der Waals surface area contributed by atoms with E-state index in [1.165, 1.54) is 6.07 Å². The third kappa shape index (κ3) is 4.38. The van der Waals surface area contributed by atoms with Crippen LogP contribution >= 0.6 is 0 Å². The summed E-state index contributed by atoms with van der Waals surface area (Å²) in [6.45, 7) is 1.18. The number of benzene rings is 1. The standard InChI is InChI=1S/C17H19F4N3O/c18-14-4-3-11(15(6-14)17(19,20)21)7-22-8-12-2-1-5-25-16(12)13-9-23-24-10-13/h3-4,6,9-10,12,16,22H,1-2,5,7-8H2,(H,23,24)/t12-,16+/m0/s1. The summed E-state index contributed by atoms with van der Waals surface area (Å²) >= 11 is 0. The van der Waals surface area contributed by atoms with Crippen LogP contribution in [0.2, 0.25) is 0 Å². The van der Waals surface area contributed by atoms with Crippen molar-refractivity contribution in [1.82, 2.24) is 15.5 Å². The number of aromatic amines is 1. The fraction of sp³-hybridized carbons (Fsp3) is 0.471. The highest BCUT2D eigenvalue weighted by atomic mass is 19.4. The van der Waals surface area contributed by atoms with Crippen LogP contribution in [-0.2, 0) is 17.5 Å². The fourth-order valence-electron chi connectivity index (χ4n) is 3.20. The van der Waals surface area contributed by atoms with Gasteiger partial charge in [-0.05, 0) is 30.5 Å². The quantitative estimate of drug-likeness (QED) is 0.800. The van der Waals surface area contributed by atoms with E-state index in [4.69, 9.17) is 4.74 Å². The van der Waals surface area contributed by atoms with E-state index in [-0.39, 0.29) is 24.1 Å². The molecule has 0 saturated carbocycles. The molecule has 0 amide bonds. The highest BCUT2D eigenvalue weighted by Crippen LogP contribution is 2.34. The molecule has 2 N–H and O–H groups in total. The lowest BCUT2D eigenvalue weighted by molar-refractivity contribution is -0.138. The van der Waals surface area contributed by atoms with Gasteiger partial charge in [-0.3, -0.25) is 5.10 Å². The topological polar surface area (TPSA) is 49.9 Å². The zero-order valence-corrected chi connectivity index (χ0v) is 13.4. The third-order valence-electron chi connectivity index (χ3n) is 4.39. The highest BCUT2D eigenvalue weighted by molar-refractivity contribution is 5.30. The van der Waals surface area contributed by atoms with Gasteiger partial charge >= 0.3 is 6.18 Å². The zero-order valence-electron chi connectivity index (χ0n) is 13.4. The van der Waals surface area contributed by atoms with Gasteiger partial charge in [0.2, 0.25) is 0 Å². The highest BCUT2D eigenvalue weighted by Gasteiger charge is 2.34. The van der Waals surface area contributed by atoms with Gasteiger partial charge in [0.25, 0.3) is 0 Å². The first kappa shape index (κ1) is 17.9. The molecule has 0 radical (unpaired) electrons. The number of hydrogen-bond acceptors (Lipinski definition) is 3. The van der Waals surface area contributed by atoms with Crippen molar-refractivity contribution < 1.29 is 22.3 Å². The van der Waals surface area contributed by atoms with Crippen LogP contribution < -0.4 is 5.32 Å². The number of halogens is 4. The lowest BCUT2D eigenvalue weighted by Crippen LogP contribution is -2.32. The minimum absolute atomic E-state index is 0.0176. The Bertz CT molecular complexity index is 688. The van der Waals surface area contributed by atoms with Crippen molar-refractivity contribution in [1.29, 1.82) is 0 Å². The van der Waals surface area contributed by atoms with Gasteiger partial charge in [-0.25, -0.2) is 4.39 Å². The molecule has 3 rings (SSSR count). The van der Waals surface area contributed by atoms with E-state index in [0.29, 0.717) is 19.2 Å². The molecule has 0 bridgehead atoms. The Kier molecular flexibility index (Phi) is 5.39. The molecule has 4 nitrogen and oxygen atoms in total. The SMILES string of the molecule is Fc1ccc(CNC[C@@H]2CCCO[C@H]2c2cn[nH]c2)c(C(F)(F)F)c1. The molecule has 0 spiro atoms. The molecular weight excluding hydrogens is 338 g/mol. The molecule has 0 unspecified atom stereocenters. The Morgan fingerprint density at radius 1 is 1.32 bits per heavy atom. The summed E-state index contributed by atoms with van der Waals surface area (Å²) in [5.74, 6) is -0.752. The van der Waals surface area contributed by atoms with E-state index >= 15 is 0 Å². The summed E-state index contributed by atoms with van der Waals surface area (Å²) in [4.78, 5) is 0. The van der Waals surface area contributed by atoms with Crippen molar-refractivity contribution in [2.24, 2.45) is 5.92 Å². The molecule has 0 aliphatic carbocycles. The Labute approximate surface area is 142 Å². The number of rotatable bonds is 5. The molecule has 1 aliphatic rings. The molecule has 2 atom stereocenters. The van der Waals surface area contributed by atoms with Crippen molar-refractivity contribution >= 4 is 0 Å². The summed E-state index contributed by atoms with van der Waals surface area (Å²) < 4.78 is 58.1. The summed E-state index contributed by atoms with van der Waals surface area (Å²) in [7, 11) is 0.